The van der Waals surface area contributed by atoms with Crippen LogP contribution in [0.15, 0.2) is 58.8 Å². The molecule has 4 nitrogen and oxygen atoms in total. The van der Waals surface area contributed by atoms with Gasteiger partial charge in [0.05, 0.1) is 6.26 Å². The average Bonchev–Trinajstić information content (AvgIpc) is 3.18. The van der Waals surface area contributed by atoms with Gasteiger partial charge < -0.3 is 4.42 Å². The van der Waals surface area contributed by atoms with Crippen molar-refractivity contribution in [2.45, 2.75) is 31.3 Å². The van der Waals surface area contributed by atoms with E-state index < -0.39 is 0 Å². The van der Waals surface area contributed by atoms with Crippen LogP contribution in [0.4, 0.5) is 0 Å². The molecular formula is C18H19N3OS. The minimum Gasteiger partial charge on any atom is -0.461 e. The van der Waals surface area contributed by atoms with Gasteiger partial charge in [-0.05, 0) is 37.1 Å². The van der Waals surface area contributed by atoms with E-state index in [9.17, 15) is 0 Å². The van der Waals surface area contributed by atoms with Crippen LogP contribution in [0.1, 0.15) is 16.7 Å². The number of nitrogens with zero attached hydrogens (tertiary/aromatic N) is 3. The summed E-state index contributed by atoms with van der Waals surface area (Å²) in [7, 11) is 0. The summed E-state index contributed by atoms with van der Waals surface area (Å²) in [6, 6.07) is 10.3. The highest BCUT2D eigenvalue weighted by Gasteiger charge is 2.15. The van der Waals surface area contributed by atoms with Crippen molar-refractivity contribution in [1.82, 2.24) is 14.8 Å². The Labute approximate surface area is 140 Å². The van der Waals surface area contributed by atoms with E-state index in [0.717, 1.165) is 22.5 Å². The highest BCUT2D eigenvalue weighted by Crippen LogP contribution is 2.27. The zero-order valence-electron chi connectivity index (χ0n) is 13.3. The zero-order valence-corrected chi connectivity index (χ0v) is 14.1. The van der Waals surface area contributed by atoms with Crippen molar-refractivity contribution >= 4 is 11.8 Å². The molecule has 0 aliphatic heterocycles. The normalized spacial score (nSPS) is 10.9. The summed E-state index contributed by atoms with van der Waals surface area (Å²) in [5, 5.41) is 9.48. The van der Waals surface area contributed by atoms with E-state index in [2.05, 4.69) is 48.8 Å². The molecular weight excluding hydrogens is 306 g/mol. The Morgan fingerprint density at radius 1 is 1.26 bits per heavy atom. The Morgan fingerprint density at radius 2 is 2.13 bits per heavy atom. The van der Waals surface area contributed by atoms with Gasteiger partial charge in [0, 0.05) is 12.3 Å². The van der Waals surface area contributed by atoms with E-state index in [1.807, 2.05) is 22.8 Å². The SMILES string of the molecule is C=CCn1c(SCc2cc(C)ccc2C)nnc1-c1ccco1. The van der Waals surface area contributed by atoms with Crippen molar-refractivity contribution in [3.05, 3.63) is 65.9 Å². The van der Waals surface area contributed by atoms with Gasteiger partial charge in [0.15, 0.2) is 10.9 Å². The molecule has 0 spiro atoms. The smallest absolute Gasteiger partial charge is 0.200 e. The van der Waals surface area contributed by atoms with Crippen molar-refractivity contribution in [2.75, 3.05) is 0 Å². The summed E-state index contributed by atoms with van der Waals surface area (Å²) in [5.41, 5.74) is 3.89. The van der Waals surface area contributed by atoms with E-state index >= 15 is 0 Å². The third-order valence-corrected chi connectivity index (χ3v) is 4.65. The Kier molecular flexibility index (Phi) is 4.67. The predicted molar refractivity (Wildman–Crippen MR) is 93.4 cm³/mol. The fourth-order valence-corrected chi connectivity index (χ4v) is 3.39. The zero-order chi connectivity index (χ0) is 16.2. The number of hydrogen-bond acceptors (Lipinski definition) is 4. The lowest BCUT2D eigenvalue weighted by atomic mass is 10.1. The molecule has 118 valence electrons. The van der Waals surface area contributed by atoms with Gasteiger partial charge in [-0.1, -0.05) is 41.6 Å². The first-order valence-corrected chi connectivity index (χ1v) is 8.44. The molecule has 1 aromatic carbocycles. The van der Waals surface area contributed by atoms with E-state index in [1.54, 1.807) is 18.0 Å². The van der Waals surface area contributed by atoms with Gasteiger partial charge in [-0.2, -0.15) is 0 Å². The third kappa shape index (κ3) is 3.40. The molecule has 0 atom stereocenters. The van der Waals surface area contributed by atoms with Crippen LogP contribution in [-0.4, -0.2) is 14.8 Å². The monoisotopic (exact) mass is 325 g/mol. The molecule has 3 aromatic rings. The molecule has 23 heavy (non-hydrogen) atoms. The van der Waals surface area contributed by atoms with Crippen molar-refractivity contribution < 1.29 is 4.42 Å². The predicted octanol–water partition coefficient (Wildman–Crippen LogP) is 4.63. The molecule has 2 aromatic heterocycles. The number of benzene rings is 1. The van der Waals surface area contributed by atoms with Gasteiger partial charge >= 0.3 is 0 Å². The van der Waals surface area contributed by atoms with Crippen LogP contribution in [0.5, 0.6) is 0 Å². The standard InChI is InChI=1S/C18H19N3OS/c1-4-9-21-17(16-6-5-10-22-16)19-20-18(21)23-12-15-11-13(2)7-8-14(15)3/h4-8,10-11H,1,9,12H2,2-3H3. The molecule has 2 heterocycles. The van der Waals surface area contributed by atoms with Crippen LogP contribution < -0.4 is 0 Å². The number of thioether (sulfide) groups is 1. The van der Waals surface area contributed by atoms with Crippen LogP contribution in [0, 0.1) is 13.8 Å². The minimum atomic E-state index is 0.651. The largest absolute Gasteiger partial charge is 0.461 e. The van der Waals surface area contributed by atoms with Gasteiger partial charge in [-0.25, -0.2) is 0 Å². The van der Waals surface area contributed by atoms with Gasteiger partial charge in [0.2, 0.25) is 5.82 Å². The molecule has 0 saturated carbocycles. The van der Waals surface area contributed by atoms with Crippen LogP contribution in [0.3, 0.4) is 0 Å². The van der Waals surface area contributed by atoms with Crippen LogP contribution in [0.2, 0.25) is 0 Å². The molecule has 0 aliphatic rings. The first-order chi connectivity index (χ1) is 11.2. The summed E-state index contributed by atoms with van der Waals surface area (Å²) in [6.45, 7) is 8.73. The highest BCUT2D eigenvalue weighted by molar-refractivity contribution is 7.98. The minimum absolute atomic E-state index is 0.651. The van der Waals surface area contributed by atoms with E-state index in [-0.39, 0.29) is 0 Å². The van der Waals surface area contributed by atoms with Crippen molar-refractivity contribution in [3.63, 3.8) is 0 Å². The topological polar surface area (TPSA) is 43.9 Å². The maximum Gasteiger partial charge on any atom is 0.200 e. The maximum absolute atomic E-state index is 5.45. The Balaban J connectivity index is 1.85. The van der Waals surface area contributed by atoms with E-state index in [4.69, 9.17) is 4.42 Å². The fourth-order valence-electron chi connectivity index (χ4n) is 2.38. The second-order valence-corrected chi connectivity index (χ2v) is 6.34. The molecule has 5 heteroatoms. The van der Waals surface area contributed by atoms with Crippen LogP contribution in [0.25, 0.3) is 11.6 Å². The molecule has 0 radical (unpaired) electrons. The summed E-state index contributed by atoms with van der Waals surface area (Å²) in [4.78, 5) is 0. The molecule has 0 bridgehead atoms. The number of rotatable bonds is 6. The molecule has 0 amide bonds. The Hall–Kier alpha value is -2.27. The van der Waals surface area contributed by atoms with E-state index in [0.29, 0.717) is 6.54 Å². The quantitative estimate of drug-likeness (QED) is 0.489. The molecule has 0 fully saturated rings. The van der Waals surface area contributed by atoms with Gasteiger partial charge in [0.25, 0.3) is 0 Å². The lowest BCUT2D eigenvalue weighted by Crippen LogP contribution is -2.00. The molecule has 0 aliphatic carbocycles. The second-order valence-electron chi connectivity index (χ2n) is 5.40. The van der Waals surface area contributed by atoms with E-state index in [1.165, 1.54) is 16.7 Å². The summed E-state index contributed by atoms with van der Waals surface area (Å²) >= 11 is 1.68. The molecule has 0 saturated heterocycles. The Bertz CT molecular complexity index is 806. The number of allylic oxidation sites excluding steroid dienone is 1. The fraction of sp³-hybridized carbons (Fsp3) is 0.222. The third-order valence-electron chi connectivity index (χ3n) is 3.63. The lowest BCUT2D eigenvalue weighted by Gasteiger charge is -2.08. The molecule has 3 rings (SSSR count). The number of hydrogen-bond donors (Lipinski definition) is 0. The molecule has 0 unspecified atom stereocenters. The van der Waals surface area contributed by atoms with Gasteiger partial charge in [-0.15, -0.1) is 16.8 Å². The van der Waals surface area contributed by atoms with Crippen LogP contribution in [-0.2, 0) is 12.3 Å². The van der Waals surface area contributed by atoms with Crippen molar-refractivity contribution in [1.29, 1.82) is 0 Å². The molecule has 0 N–H and O–H groups in total. The Morgan fingerprint density at radius 3 is 2.87 bits per heavy atom. The first-order valence-electron chi connectivity index (χ1n) is 7.46. The summed E-state index contributed by atoms with van der Waals surface area (Å²) in [5.74, 6) is 2.32. The van der Waals surface area contributed by atoms with Gasteiger partial charge in [0.1, 0.15) is 0 Å². The highest BCUT2D eigenvalue weighted by atomic mass is 32.2. The maximum atomic E-state index is 5.45. The van der Waals surface area contributed by atoms with Crippen molar-refractivity contribution in [3.8, 4) is 11.6 Å². The van der Waals surface area contributed by atoms with Gasteiger partial charge in [-0.3, -0.25) is 4.57 Å². The number of aromatic nitrogens is 3. The first kappa shape index (κ1) is 15.6. The van der Waals surface area contributed by atoms with Crippen molar-refractivity contribution in [2.24, 2.45) is 0 Å². The summed E-state index contributed by atoms with van der Waals surface area (Å²) in [6.07, 6.45) is 3.49. The van der Waals surface area contributed by atoms with Crippen LogP contribution >= 0.6 is 11.8 Å². The number of furan rings is 1. The second kappa shape index (κ2) is 6.87. The number of aryl methyl sites for hydroxylation is 2. The lowest BCUT2D eigenvalue weighted by molar-refractivity contribution is 0.569. The summed E-state index contributed by atoms with van der Waals surface area (Å²) < 4.78 is 7.48. The average molecular weight is 325 g/mol.